The van der Waals surface area contributed by atoms with E-state index in [4.69, 9.17) is 0 Å². The van der Waals surface area contributed by atoms with E-state index in [0.717, 1.165) is 35.7 Å². The van der Waals surface area contributed by atoms with E-state index in [1.54, 1.807) is 0 Å². The Morgan fingerprint density at radius 2 is 2.00 bits per heavy atom. The number of nitrogens with zero attached hydrogens (tertiary/aromatic N) is 3. The van der Waals surface area contributed by atoms with Crippen molar-refractivity contribution in [3.05, 3.63) is 41.2 Å². The molecule has 0 unspecified atom stereocenters. The van der Waals surface area contributed by atoms with Gasteiger partial charge in [-0.25, -0.2) is 4.68 Å². The van der Waals surface area contributed by atoms with E-state index in [0.29, 0.717) is 13.1 Å². The number of amides is 1. The maximum atomic E-state index is 12.3. The molecule has 1 saturated heterocycles. The number of aliphatic hydroxyl groups excluding tert-OH is 1. The van der Waals surface area contributed by atoms with Crippen LogP contribution in [0.15, 0.2) is 24.3 Å². The van der Waals surface area contributed by atoms with E-state index < -0.39 is 0 Å². The van der Waals surface area contributed by atoms with Gasteiger partial charge in [0.1, 0.15) is 0 Å². The van der Waals surface area contributed by atoms with Gasteiger partial charge in [0.2, 0.25) is 5.91 Å². The summed E-state index contributed by atoms with van der Waals surface area (Å²) in [6, 6.07) is 8.13. The Hall–Kier alpha value is -2.18. The van der Waals surface area contributed by atoms with Crippen molar-refractivity contribution in [2.24, 2.45) is 0 Å². The predicted molar refractivity (Wildman–Crippen MR) is 93.5 cm³/mol. The number of carbonyl (C=O) groups excluding carboxylic acids is 1. The van der Waals surface area contributed by atoms with Crippen LogP contribution >= 0.6 is 0 Å². The minimum absolute atomic E-state index is 0.0706. The summed E-state index contributed by atoms with van der Waals surface area (Å²) in [5.74, 6) is -0.0706. The number of hydrogen-bond donors (Lipinski definition) is 2. The Labute approximate surface area is 142 Å². The van der Waals surface area contributed by atoms with Crippen LogP contribution in [0.2, 0.25) is 0 Å². The smallest absolute Gasteiger partial charge is 0.238 e. The lowest BCUT2D eigenvalue weighted by molar-refractivity contribution is -0.117. The molecular weight excluding hydrogens is 304 g/mol. The lowest BCUT2D eigenvalue weighted by Crippen LogP contribution is -2.32. The summed E-state index contributed by atoms with van der Waals surface area (Å²) in [5, 5.41) is 17.1. The number of likely N-dealkylation sites (tertiary alicyclic amines) is 1. The molecular formula is C18H24N4O2. The molecule has 3 rings (SSSR count). The average Bonchev–Trinajstić information content (AvgIpc) is 3.06. The molecule has 6 heteroatoms. The van der Waals surface area contributed by atoms with Crippen LogP contribution < -0.4 is 5.32 Å². The number of aromatic nitrogens is 2. The maximum absolute atomic E-state index is 12.3. The number of carbonyl (C=O) groups is 1. The summed E-state index contributed by atoms with van der Waals surface area (Å²) in [5.41, 5.74) is 4.64. The van der Waals surface area contributed by atoms with Gasteiger partial charge in [-0.05, 0) is 39.3 Å². The van der Waals surface area contributed by atoms with Crippen molar-refractivity contribution < 1.29 is 9.90 Å². The lowest BCUT2D eigenvalue weighted by Gasteiger charge is -2.14. The van der Waals surface area contributed by atoms with Gasteiger partial charge in [0.05, 0.1) is 35.4 Å². The number of benzene rings is 1. The SMILES string of the molecule is Cc1ccc(-n2nc(C)c(NC(=O)CN3CC[C@H](O)C3)c2C)cc1. The van der Waals surface area contributed by atoms with Crippen LogP contribution in [0.3, 0.4) is 0 Å². The zero-order chi connectivity index (χ0) is 17.3. The molecule has 0 aliphatic carbocycles. The minimum Gasteiger partial charge on any atom is -0.392 e. The molecule has 2 aromatic rings. The number of aliphatic hydroxyl groups is 1. The number of anilines is 1. The first-order chi connectivity index (χ1) is 11.4. The number of β-amino-alcohol motifs (C(OH)–C–C–N with tert-alkyl or cyclic N) is 1. The van der Waals surface area contributed by atoms with Crippen LogP contribution in [0.5, 0.6) is 0 Å². The molecule has 128 valence electrons. The first-order valence-electron chi connectivity index (χ1n) is 8.27. The lowest BCUT2D eigenvalue weighted by atomic mass is 10.2. The van der Waals surface area contributed by atoms with Crippen LogP contribution in [-0.2, 0) is 4.79 Å². The Morgan fingerprint density at radius 3 is 2.62 bits per heavy atom. The largest absolute Gasteiger partial charge is 0.392 e. The van der Waals surface area contributed by atoms with Gasteiger partial charge in [0.15, 0.2) is 0 Å². The van der Waals surface area contributed by atoms with Gasteiger partial charge < -0.3 is 10.4 Å². The van der Waals surface area contributed by atoms with Crippen LogP contribution in [0, 0.1) is 20.8 Å². The second-order valence-corrected chi connectivity index (χ2v) is 6.52. The van der Waals surface area contributed by atoms with Crippen molar-refractivity contribution >= 4 is 11.6 Å². The van der Waals surface area contributed by atoms with Gasteiger partial charge >= 0.3 is 0 Å². The fourth-order valence-corrected chi connectivity index (χ4v) is 3.10. The Morgan fingerprint density at radius 1 is 1.29 bits per heavy atom. The summed E-state index contributed by atoms with van der Waals surface area (Å²) in [4.78, 5) is 14.3. The van der Waals surface area contributed by atoms with E-state index in [1.165, 1.54) is 5.56 Å². The Bertz CT molecular complexity index is 736. The maximum Gasteiger partial charge on any atom is 0.238 e. The van der Waals surface area contributed by atoms with E-state index in [-0.39, 0.29) is 12.0 Å². The fraction of sp³-hybridized carbons (Fsp3) is 0.444. The molecule has 2 heterocycles. The first kappa shape index (κ1) is 16.7. The minimum atomic E-state index is -0.314. The monoisotopic (exact) mass is 328 g/mol. The molecule has 0 radical (unpaired) electrons. The molecule has 1 aliphatic heterocycles. The first-order valence-corrected chi connectivity index (χ1v) is 8.27. The zero-order valence-electron chi connectivity index (χ0n) is 14.4. The van der Waals surface area contributed by atoms with E-state index in [9.17, 15) is 9.90 Å². The topological polar surface area (TPSA) is 70.4 Å². The molecule has 0 spiro atoms. The summed E-state index contributed by atoms with van der Waals surface area (Å²) in [7, 11) is 0. The molecule has 1 aromatic carbocycles. The van der Waals surface area contributed by atoms with E-state index in [1.807, 2.05) is 54.6 Å². The second kappa shape index (κ2) is 6.75. The molecule has 1 aromatic heterocycles. The summed E-state index contributed by atoms with van der Waals surface area (Å²) in [6.07, 6.45) is 0.419. The summed E-state index contributed by atoms with van der Waals surface area (Å²) < 4.78 is 1.85. The Kier molecular flexibility index (Phi) is 4.69. The number of hydrogen-bond acceptors (Lipinski definition) is 4. The molecule has 0 saturated carbocycles. The van der Waals surface area contributed by atoms with Crippen LogP contribution in [0.25, 0.3) is 5.69 Å². The highest BCUT2D eigenvalue weighted by Gasteiger charge is 2.23. The third-order valence-corrected chi connectivity index (χ3v) is 4.45. The summed E-state index contributed by atoms with van der Waals surface area (Å²) >= 11 is 0. The standard InChI is InChI=1S/C18H24N4O2/c1-12-4-6-15(7-5-12)22-14(3)18(13(2)20-22)19-17(24)11-21-9-8-16(23)10-21/h4-7,16,23H,8-11H2,1-3H3,(H,19,24)/t16-/m0/s1. The second-order valence-electron chi connectivity index (χ2n) is 6.52. The van der Waals surface area contributed by atoms with Gasteiger partial charge in [0, 0.05) is 13.1 Å². The molecule has 1 fully saturated rings. The fourth-order valence-electron chi connectivity index (χ4n) is 3.10. The van der Waals surface area contributed by atoms with Gasteiger partial charge in [-0.2, -0.15) is 5.10 Å². The van der Waals surface area contributed by atoms with E-state index >= 15 is 0 Å². The van der Waals surface area contributed by atoms with Crippen molar-refractivity contribution in [3.63, 3.8) is 0 Å². The third kappa shape index (κ3) is 3.49. The van der Waals surface area contributed by atoms with Crippen molar-refractivity contribution in [1.29, 1.82) is 0 Å². The van der Waals surface area contributed by atoms with Crippen molar-refractivity contribution in [3.8, 4) is 5.69 Å². The van der Waals surface area contributed by atoms with Gasteiger partial charge in [-0.3, -0.25) is 9.69 Å². The molecule has 24 heavy (non-hydrogen) atoms. The van der Waals surface area contributed by atoms with Gasteiger partial charge in [-0.15, -0.1) is 0 Å². The van der Waals surface area contributed by atoms with Crippen LogP contribution in [0.1, 0.15) is 23.4 Å². The van der Waals surface area contributed by atoms with Crippen molar-refractivity contribution in [2.75, 3.05) is 25.0 Å². The van der Waals surface area contributed by atoms with Gasteiger partial charge in [0.25, 0.3) is 0 Å². The number of rotatable bonds is 4. The van der Waals surface area contributed by atoms with Gasteiger partial charge in [-0.1, -0.05) is 17.7 Å². The summed E-state index contributed by atoms with van der Waals surface area (Å²) in [6.45, 7) is 7.52. The van der Waals surface area contributed by atoms with Crippen LogP contribution in [0.4, 0.5) is 5.69 Å². The average molecular weight is 328 g/mol. The van der Waals surface area contributed by atoms with Crippen molar-refractivity contribution in [1.82, 2.24) is 14.7 Å². The van der Waals surface area contributed by atoms with Crippen molar-refractivity contribution in [2.45, 2.75) is 33.3 Å². The molecule has 6 nitrogen and oxygen atoms in total. The normalized spacial score (nSPS) is 18.1. The van der Waals surface area contributed by atoms with E-state index in [2.05, 4.69) is 10.4 Å². The number of nitrogens with one attached hydrogen (secondary N) is 1. The molecule has 1 aliphatic rings. The predicted octanol–water partition coefficient (Wildman–Crippen LogP) is 1.80. The Balaban J connectivity index is 1.74. The quantitative estimate of drug-likeness (QED) is 0.898. The molecule has 0 bridgehead atoms. The third-order valence-electron chi connectivity index (χ3n) is 4.45. The van der Waals surface area contributed by atoms with Crippen LogP contribution in [-0.4, -0.2) is 51.4 Å². The number of aryl methyl sites for hydroxylation is 2. The highest BCUT2D eigenvalue weighted by atomic mass is 16.3. The highest BCUT2D eigenvalue weighted by molar-refractivity contribution is 5.93. The molecule has 1 atom stereocenters. The zero-order valence-corrected chi connectivity index (χ0v) is 14.4. The molecule has 1 amide bonds. The molecule has 2 N–H and O–H groups in total. The highest BCUT2D eigenvalue weighted by Crippen LogP contribution is 2.23.